The first-order valence-corrected chi connectivity index (χ1v) is 12.2. The summed E-state index contributed by atoms with van der Waals surface area (Å²) in [5, 5.41) is 1.10. The van der Waals surface area contributed by atoms with Crippen LogP contribution in [-0.2, 0) is 24.4 Å². The number of benzene rings is 4. The minimum absolute atomic E-state index is 0.00568. The molecule has 5 nitrogen and oxygen atoms in total. The number of nitrogens with zero attached hydrogens (tertiary/aromatic N) is 2. The van der Waals surface area contributed by atoms with Crippen LogP contribution in [0.4, 0.5) is 5.69 Å². The zero-order valence-electron chi connectivity index (χ0n) is 20.7. The van der Waals surface area contributed by atoms with Gasteiger partial charge in [-0.05, 0) is 59.7 Å². The van der Waals surface area contributed by atoms with Crippen LogP contribution in [0.25, 0.3) is 10.9 Å². The molecule has 37 heavy (non-hydrogen) atoms. The van der Waals surface area contributed by atoms with Crippen molar-refractivity contribution < 1.29 is 14.3 Å². The fourth-order valence-corrected chi connectivity index (χ4v) is 4.21. The Balaban J connectivity index is 1.31. The van der Waals surface area contributed by atoms with Crippen molar-refractivity contribution in [3.8, 4) is 11.5 Å². The van der Waals surface area contributed by atoms with E-state index in [2.05, 4.69) is 11.1 Å². The van der Waals surface area contributed by atoms with E-state index in [1.165, 1.54) is 0 Å². The van der Waals surface area contributed by atoms with Gasteiger partial charge in [-0.1, -0.05) is 66.7 Å². The molecule has 1 amide bonds. The molecule has 0 unspecified atom stereocenters. The lowest BCUT2D eigenvalue weighted by molar-refractivity contribution is -0.118. The van der Waals surface area contributed by atoms with Crippen LogP contribution < -0.4 is 14.4 Å². The van der Waals surface area contributed by atoms with Crippen molar-refractivity contribution in [2.75, 3.05) is 12.0 Å². The summed E-state index contributed by atoms with van der Waals surface area (Å²) >= 11 is 0. The number of anilines is 1. The predicted octanol–water partition coefficient (Wildman–Crippen LogP) is 6.60. The molecule has 0 saturated carbocycles. The topological polar surface area (TPSA) is 51.7 Å². The molecule has 0 radical (unpaired) electrons. The maximum absolute atomic E-state index is 13.5. The number of amides is 1. The van der Waals surface area contributed by atoms with Crippen molar-refractivity contribution in [3.05, 3.63) is 132 Å². The number of rotatable bonds is 9. The van der Waals surface area contributed by atoms with Gasteiger partial charge in [0.1, 0.15) is 18.1 Å². The predicted molar refractivity (Wildman–Crippen MR) is 147 cm³/mol. The molecule has 5 heteroatoms. The number of carbonyl (C=O) groups excluding carboxylic acids is 1. The van der Waals surface area contributed by atoms with E-state index >= 15 is 0 Å². The van der Waals surface area contributed by atoms with Crippen LogP contribution in [0.3, 0.4) is 0 Å². The van der Waals surface area contributed by atoms with Crippen LogP contribution >= 0.6 is 0 Å². The average molecular weight is 489 g/mol. The molecule has 0 atom stereocenters. The maximum Gasteiger partial charge on any atom is 0.231 e. The van der Waals surface area contributed by atoms with E-state index in [1.54, 1.807) is 7.11 Å². The highest BCUT2D eigenvalue weighted by molar-refractivity contribution is 5.94. The lowest BCUT2D eigenvalue weighted by Crippen LogP contribution is -2.31. The summed E-state index contributed by atoms with van der Waals surface area (Å²) in [6.07, 6.45) is 0.274. The molecule has 0 spiro atoms. The molecule has 0 aliphatic heterocycles. The molecular formula is C32H28N2O3. The number of methoxy groups -OCH3 is 1. The zero-order valence-corrected chi connectivity index (χ0v) is 20.7. The van der Waals surface area contributed by atoms with E-state index in [-0.39, 0.29) is 12.3 Å². The standard InChI is InChI=1S/C32H28N2O3/c1-36-30-12-7-10-25(20-30)21-32(35)34(22-24-8-3-2-4-9-24)28-16-18-29(19-17-28)37-23-27-15-14-26-11-5-6-13-31(26)33-27/h2-20H,21-23H2,1H3. The summed E-state index contributed by atoms with van der Waals surface area (Å²) < 4.78 is 11.3. The second kappa shape index (κ2) is 11.4. The van der Waals surface area contributed by atoms with E-state index in [4.69, 9.17) is 9.47 Å². The summed E-state index contributed by atoms with van der Waals surface area (Å²) in [6.45, 7) is 0.845. The molecule has 0 saturated heterocycles. The number of ether oxygens (including phenoxy) is 2. The van der Waals surface area contributed by atoms with Gasteiger partial charge in [-0.2, -0.15) is 0 Å². The van der Waals surface area contributed by atoms with Gasteiger partial charge in [0.05, 0.1) is 31.3 Å². The van der Waals surface area contributed by atoms with Crippen LogP contribution in [0.15, 0.2) is 115 Å². The monoisotopic (exact) mass is 488 g/mol. The van der Waals surface area contributed by atoms with E-state index in [1.807, 2.05) is 114 Å². The van der Waals surface area contributed by atoms with E-state index in [9.17, 15) is 4.79 Å². The normalized spacial score (nSPS) is 10.7. The number of para-hydroxylation sites is 1. The first-order chi connectivity index (χ1) is 18.2. The van der Waals surface area contributed by atoms with Gasteiger partial charge in [0.2, 0.25) is 5.91 Å². The Labute approximate surface area is 216 Å². The Hall–Kier alpha value is -4.64. The first kappa shape index (κ1) is 24.1. The molecular weight excluding hydrogens is 460 g/mol. The third-order valence-corrected chi connectivity index (χ3v) is 6.17. The zero-order chi connectivity index (χ0) is 25.5. The minimum Gasteiger partial charge on any atom is -0.497 e. The van der Waals surface area contributed by atoms with Crippen molar-refractivity contribution in [1.82, 2.24) is 4.98 Å². The van der Waals surface area contributed by atoms with Gasteiger partial charge in [-0.25, -0.2) is 4.98 Å². The number of hydrogen-bond donors (Lipinski definition) is 0. The van der Waals surface area contributed by atoms with Gasteiger partial charge in [0.25, 0.3) is 0 Å². The van der Waals surface area contributed by atoms with Crippen LogP contribution in [-0.4, -0.2) is 18.0 Å². The number of fused-ring (bicyclic) bond motifs is 1. The Kier molecular flexibility index (Phi) is 7.42. The molecule has 5 aromatic rings. The van der Waals surface area contributed by atoms with Crippen molar-refractivity contribution >= 4 is 22.5 Å². The third-order valence-electron chi connectivity index (χ3n) is 6.17. The Morgan fingerprint density at radius 2 is 1.51 bits per heavy atom. The largest absolute Gasteiger partial charge is 0.497 e. The third kappa shape index (κ3) is 6.14. The smallest absolute Gasteiger partial charge is 0.231 e. The Morgan fingerprint density at radius 1 is 0.757 bits per heavy atom. The molecule has 0 N–H and O–H groups in total. The van der Waals surface area contributed by atoms with Crippen LogP contribution in [0.5, 0.6) is 11.5 Å². The highest BCUT2D eigenvalue weighted by atomic mass is 16.5. The lowest BCUT2D eigenvalue weighted by atomic mass is 10.1. The van der Waals surface area contributed by atoms with Gasteiger partial charge in [-0.15, -0.1) is 0 Å². The molecule has 4 aromatic carbocycles. The second-order valence-corrected chi connectivity index (χ2v) is 8.77. The van der Waals surface area contributed by atoms with Gasteiger partial charge < -0.3 is 14.4 Å². The Morgan fingerprint density at radius 3 is 2.32 bits per heavy atom. The summed E-state index contributed by atoms with van der Waals surface area (Å²) in [5.41, 5.74) is 4.59. The number of carbonyl (C=O) groups is 1. The number of aromatic nitrogens is 1. The maximum atomic E-state index is 13.5. The number of pyridine rings is 1. The molecule has 0 aliphatic rings. The Bertz CT molecular complexity index is 1480. The second-order valence-electron chi connectivity index (χ2n) is 8.77. The minimum atomic E-state index is 0.00568. The van der Waals surface area contributed by atoms with Gasteiger partial charge >= 0.3 is 0 Å². The average Bonchev–Trinajstić information content (AvgIpc) is 2.95. The quantitative estimate of drug-likeness (QED) is 0.235. The highest BCUT2D eigenvalue weighted by Gasteiger charge is 2.17. The fourth-order valence-electron chi connectivity index (χ4n) is 4.21. The summed E-state index contributed by atoms with van der Waals surface area (Å²) in [6, 6.07) is 37.3. The van der Waals surface area contributed by atoms with E-state index < -0.39 is 0 Å². The lowest BCUT2D eigenvalue weighted by Gasteiger charge is -2.24. The molecule has 0 aliphatic carbocycles. The van der Waals surface area contributed by atoms with Gasteiger partial charge in [0.15, 0.2) is 0 Å². The summed E-state index contributed by atoms with van der Waals surface area (Å²) in [7, 11) is 1.63. The van der Waals surface area contributed by atoms with Gasteiger partial charge in [0, 0.05) is 11.1 Å². The molecule has 1 heterocycles. The highest BCUT2D eigenvalue weighted by Crippen LogP contribution is 2.24. The van der Waals surface area contributed by atoms with Crippen LogP contribution in [0.1, 0.15) is 16.8 Å². The van der Waals surface area contributed by atoms with Crippen molar-refractivity contribution in [2.45, 2.75) is 19.6 Å². The van der Waals surface area contributed by atoms with Crippen molar-refractivity contribution in [2.24, 2.45) is 0 Å². The van der Waals surface area contributed by atoms with Crippen molar-refractivity contribution in [3.63, 3.8) is 0 Å². The SMILES string of the molecule is COc1cccc(CC(=O)N(Cc2ccccc2)c2ccc(OCc3ccc4ccccc4n3)cc2)c1. The first-order valence-electron chi connectivity index (χ1n) is 12.2. The van der Waals surface area contributed by atoms with E-state index in [0.29, 0.717) is 13.2 Å². The molecule has 184 valence electrons. The molecule has 0 bridgehead atoms. The molecule has 0 fully saturated rings. The summed E-state index contributed by atoms with van der Waals surface area (Å²) in [4.78, 5) is 19.9. The van der Waals surface area contributed by atoms with Crippen molar-refractivity contribution in [1.29, 1.82) is 0 Å². The van der Waals surface area contributed by atoms with Gasteiger partial charge in [-0.3, -0.25) is 4.79 Å². The molecule has 5 rings (SSSR count). The van der Waals surface area contributed by atoms with Crippen LogP contribution in [0, 0.1) is 0 Å². The van der Waals surface area contributed by atoms with Crippen LogP contribution in [0.2, 0.25) is 0 Å². The summed E-state index contributed by atoms with van der Waals surface area (Å²) in [5.74, 6) is 1.46. The molecule has 1 aromatic heterocycles. The van der Waals surface area contributed by atoms with E-state index in [0.717, 1.165) is 44.9 Å². The fraction of sp³-hybridized carbons (Fsp3) is 0.125. The number of hydrogen-bond acceptors (Lipinski definition) is 4.